The summed E-state index contributed by atoms with van der Waals surface area (Å²) < 4.78 is 17.8. The molecule has 1 saturated heterocycles. The molecular formula is C34H46N2O6. The lowest BCUT2D eigenvalue weighted by Crippen LogP contribution is -2.33. The number of carbonyl (C=O) groups is 2. The number of ketones is 1. The number of carbonyl (C=O) groups excluding carboxylic acids is 2. The molecule has 42 heavy (non-hydrogen) atoms. The van der Waals surface area contributed by atoms with E-state index in [4.69, 9.17) is 14.2 Å². The molecule has 4 rings (SSSR count). The van der Waals surface area contributed by atoms with E-state index < -0.39 is 17.7 Å². The highest BCUT2D eigenvalue weighted by atomic mass is 16.5. The van der Waals surface area contributed by atoms with Gasteiger partial charge in [0.2, 0.25) is 0 Å². The van der Waals surface area contributed by atoms with Crippen molar-refractivity contribution in [3.8, 4) is 17.2 Å². The van der Waals surface area contributed by atoms with Gasteiger partial charge in [-0.1, -0.05) is 33.8 Å². The fraction of sp³-hybridized carbons (Fsp3) is 0.529. The fourth-order valence-corrected chi connectivity index (χ4v) is 5.67. The quantitative estimate of drug-likeness (QED) is 0.167. The van der Waals surface area contributed by atoms with Crippen LogP contribution in [0, 0.1) is 5.92 Å². The Morgan fingerprint density at radius 2 is 1.83 bits per heavy atom. The predicted octanol–water partition coefficient (Wildman–Crippen LogP) is 5.99. The summed E-state index contributed by atoms with van der Waals surface area (Å²) in [5.74, 6) is 0.993. The van der Waals surface area contributed by atoms with Gasteiger partial charge in [-0.3, -0.25) is 9.59 Å². The topological polar surface area (TPSA) is 88.5 Å². The van der Waals surface area contributed by atoms with Gasteiger partial charge in [0.05, 0.1) is 24.8 Å². The third-order valence-corrected chi connectivity index (χ3v) is 8.01. The molecule has 2 atom stereocenters. The van der Waals surface area contributed by atoms with Crippen LogP contribution >= 0.6 is 0 Å². The zero-order valence-electron chi connectivity index (χ0n) is 25.9. The number of Topliss-reactive ketones (excluding diaryl/α,β-unsaturated/α-hetero) is 1. The normalized spacial score (nSPS) is 19.5. The van der Waals surface area contributed by atoms with Gasteiger partial charge in [-0.25, -0.2) is 0 Å². The SMILES string of the molecule is CCOc1cc([C@H]2C(=C(O)c3ccc4c(c3)C[C@@H](C)O4)C(=O)C(=O)N2CCCN(CC)CC)ccc1OCCC(C)C. The standard InChI is InChI=1S/C34H46N2O6/c1-7-35(8-2)16-10-17-36-31(24-11-14-28(29(21-24)40-9-3)41-18-15-22(4)5)30(33(38)34(36)39)32(37)25-12-13-27-26(20-25)19-23(6)42-27/h11-14,20-23,31,37H,7-10,15-19H2,1-6H3/t23-,31+/m1/s1. The van der Waals surface area contributed by atoms with E-state index in [0.29, 0.717) is 54.7 Å². The molecule has 1 fully saturated rings. The molecule has 0 saturated carbocycles. The van der Waals surface area contributed by atoms with Crippen LogP contribution in [-0.2, 0) is 16.0 Å². The number of aliphatic hydroxyl groups is 1. The van der Waals surface area contributed by atoms with Crippen LogP contribution in [0.2, 0.25) is 0 Å². The average Bonchev–Trinajstić information content (AvgIpc) is 3.46. The van der Waals surface area contributed by atoms with Crippen LogP contribution in [0.15, 0.2) is 42.0 Å². The Bertz CT molecular complexity index is 1300. The van der Waals surface area contributed by atoms with Crippen molar-refractivity contribution in [2.45, 2.75) is 73.0 Å². The summed E-state index contributed by atoms with van der Waals surface area (Å²) in [6, 6.07) is 10.2. The molecule has 2 aromatic carbocycles. The Labute approximate surface area is 250 Å². The van der Waals surface area contributed by atoms with Crippen molar-refractivity contribution in [1.29, 1.82) is 0 Å². The highest BCUT2D eigenvalue weighted by Crippen LogP contribution is 2.43. The lowest BCUT2D eigenvalue weighted by molar-refractivity contribution is -0.140. The summed E-state index contributed by atoms with van der Waals surface area (Å²) in [5, 5.41) is 11.6. The minimum Gasteiger partial charge on any atom is -0.507 e. The van der Waals surface area contributed by atoms with E-state index in [9.17, 15) is 14.7 Å². The van der Waals surface area contributed by atoms with Gasteiger partial charge >= 0.3 is 0 Å². The number of ether oxygens (including phenoxy) is 3. The summed E-state index contributed by atoms with van der Waals surface area (Å²) in [6.07, 6.45) is 2.38. The van der Waals surface area contributed by atoms with Crippen LogP contribution in [0.3, 0.4) is 0 Å². The van der Waals surface area contributed by atoms with Crippen molar-refractivity contribution >= 4 is 17.4 Å². The molecule has 8 nitrogen and oxygen atoms in total. The van der Waals surface area contributed by atoms with E-state index in [0.717, 1.165) is 43.8 Å². The molecule has 0 aromatic heterocycles. The van der Waals surface area contributed by atoms with Gasteiger partial charge in [-0.05, 0) is 93.7 Å². The number of rotatable bonds is 14. The summed E-state index contributed by atoms with van der Waals surface area (Å²) in [7, 11) is 0. The number of fused-ring (bicyclic) bond motifs is 1. The second kappa shape index (κ2) is 14.1. The zero-order valence-corrected chi connectivity index (χ0v) is 25.9. The maximum atomic E-state index is 13.6. The van der Waals surface area contributed by atoms with Gasteiger partial charge in [0.1, 0.15) is 17.6 Å². The monoisotopic (exact) mass is 578 g/mol. The molecule has 2 aliphatic heterocycles. The molecule has 0 bridgehead atoms. The number of aliphatic hydroxyl groups excluding tert-OH is 1. The summed E-state index contributed by atoms with van der Waals surface area (Å²) in [6.45, 7) is 16.4. The molecule has 0 spiro atoms. The van der Waals surface area contributed by atoms with E-state index >= 15 is 0 Å². The van der Waals surface area contributed by atoms with Gasteiger partial charge < -0.3 is 29.1 Å². The van der Waals surface area contributed by atoms with Crippen molar-refractivity contribution < 1.29 is 28.9 Å². The van der Waals surface area contributed by atoms with Crippen LogP contribution in [0.25, 0.3) is 5.76 Å². The van der Waals surface area contributed by atoms with Crippen molar-refractivity contribution in [2.75, 3.05) is 39.4 Å². The number of amides is 1. The minimum atomic E-state index is -0.756. The molecule has 0 radical (unpaired) electrons. The van der Waals surface area contributed by atoms with Crippen molar-refractivity contribution in [1.82, 2.24) is 9.80 Å². The maximum absolute atomic E-state index is 13.6. The van der Waals surface area contributed by atoms with Crippen molar-refractivity contribution in [2.24, 2.45) is 5.92 Å². The molecule has 0 aliphatic carbocycles. The Morgan fingerprint density at radius 1 is 1.07 bits per heavy atom. The Morgan fingerprint density at radius 3 is 2.52 bits per heavy atom. The van der Waals surface area contributed by atoms with Crippen LogP contribution in [0.1, 0.15) is 77.1 Å². The second-order valence-corrected chi connectivity index (χ2v) is 11.5. The van der Waals surface area contributed by atoms with Crippen LogP contribution in [0.4, 0.5) is 0 Å². The number of hydrogen-bond acceptors (Lipinski definition) is 7. The van der Waals surface area contributed by atoms with Crippen molar-refractivity contribution in [3.63, 3.8) is 0 Å². The summed E-state index contributed by atoms with van der Waals surface area (Å²) >= 11 is 0. The lowest BCUT2D eigenvalue weighted by atomic mass is 9.94. The fourth-order valence-electron chi connectivity index (χ4n) is 5.67. The highest BCUT2D eigenvalue weighted by molar-refractivity contribution is 6.46. The minimum absolute atomic E-state index is 0.0482. The highest BCUT2D eigenvalue weighted by Gasteiger charge is 2.46. The largest absolute Gasteiger partial charge is 0.507 e. The third kappa shape index (κ3) is 6.92. The first kappa shape index (κ1) is 31.4. The van der Waals surface area contributed by atoms with Crippen LogP contribution < -0.4 is 14.2 Å². The molecule has 8 heteroatoms. The van der Waals surface area contributed by atoms with Crippen LogP contribution in [-0.4, -0.2) is 72.1 Å². The van der Waals surface area contributed by atoms with Gasteiger partial charge in [-0.15, -0.1) is 0 Å². The average molecular weight is 579 g/mol. The number of benzene rings is 2. The molecular weight excluding hydrogens is 532 g/mol. The van der Waals surface area contributed by atoms with E-state index in [1.165, 1.54) is 0 Å². The first-order chi connectivity index (χ1) is 20.2. The first-order valence-corrected chi connectivity index (χ1v) is 15.4. The third-order valence-electron chi connectivity index (χ3n) is 8.01. The van der Waals surface area contributed by atoms with Crippen LogP contribution in [0.5, 0.6) is 17.2 Å². The molecule has 0 unspecified atom stereocenters. The van der Waals surface area contributed by atoms with E-state index in [-0.39, 0.29) is 17.4 Å². The maximum Gasteiger partial charge on any atom is 0.295 e. The molecule has 1 N–H and O–H groups in total. The zero-order chi connectivity index (χ0) is 30.4. The summed E-state index contributed by atoms with van der Waals surface area (Å²) in [4.78, 5) is 31.0. The Hall–Kier alpha value is -3.52. The molecule has 1 amide bonds. The smallest absolute Gasteiger partial charge is 0.295 e. The van der Waals surface area contributed by atoms with E-state index in [1.54, 1.807) is 11.0 Å². The molecule has 2 aliphatic rings. The Balaban J connectivity index is 1.75. The second-order valence-electron chi connectivity index (χ2n) is 11.5. The van der Waals surface area contributed by atoms with Gasteiger partial charge in [0.25, 0.3) is 11.7 Å². The van der Waals surface area contributed by atoms with Crippen molar-refractivity contribution in [3.05, 3.63) is 58.7 Å². The predicted molar refractivity (Wildman–Crippen MR) is 164 cm³/mol. The lowest BCUT2D eigenvalue weighted by Gasteiger charge is -2.27. The first-order valence-electron chi connectivity index (χ1n) is 15.4. The molecule has 2 aromatic rings. The number of nitrogens with zero attached hydrogens (tertiary/aromatic N) is 2. The number of likely N-dealkylation sites (tertiary alicyclic amines) is 1. The number of hydrogen-bond donors (Lipinski definition) is 1. The Kier molecular flexibility index (Phi) is 10.5. The van der Waals surface area contributed by atoms with Gasteiger partial charge in [0, 0.05) is 18.5 Å². The van der Waals surface area contributed by atoms with E-state index in [2.05, 4.69) is 32.6 Å². The van der Waals surface area contributed by atoms with E-state index in [1.807, 2.05) is 44.2 Å². The molecule has 228 valence electrons. The van der Waals surface area contributed by atoms with Gasteiger partial charge in [-0.2, -0.15) is 0 Å². The van der Waals surface area contributed by atoms with Gasteiger partial charge in [0.15, 0.2) is 11.5 Å². The summed E-state index contributed by atoms with van der Waals surface area (Å²) in [5.41, 5.74) is 2.25. The molecule has 2 heterocycles.